The molecule has 3 nitrogen and oxygen atoms in total. The maximum absolute atomic E-state index is 9.16. The fourth-order valence-electron chi connectivity index (χ4n) is 2.32. The van der Waals surface area contributed by atoms with Crippen molar-refractivity contribution in [1.29, 1.82) is 0 Å². The van der Waals surface area contributed by atoms with Crippen molar-refractivity contribution in [1.82, 2.24) is 4.98 Å². The highest BCUT2D eigenvalue weighted by atomic mass is 16.7. The molecule has 1 aromatic heterocycles. The van der Waals surface area contributed by atoms with Gasteiger partial charge in [0.25, 0.3) is 0 Å². The minimum absolute atomic E-state index is 0.172. The molecule has 1 saturated heterocycles. The molecule has 1 aromatic rings. The summed E-state index contributed by atoms with van der Waals surface area (Å²) in [6.45, 7) is 2.28. The van der Waals surface area contributed by atoms with Crippen LogP contribution in [0.15, 0.2) is 12.3 Å². The van der Waals surface area contributed by atoms with E-state index < -0.39 is 6.29 Å². The Morgan fingerprint density at radius 3 is 3.00 bits per heavy atom. The molecule has 3 rings (SSSR count). The Balaban J connectivity index is 1.89. The number of aryl methyl sites for hydroxylation is 1. The number of rotatable bonds is 1. The van der Waals surface area contributed by atoms with E-state index in [1.165, 1.54) is 17.5 Å². The van der Waals surface area contributed by atoms with Crippen molar-refractivity contribution in [2.75, 3.05) is 0 Å². The van der Waals surface area contributed by atoms with Crippen molar-refractivity contribution in [3.05, 3.63) is 29.1 Å². The van der Waals surface area contributed by atoms with Gasteiger partial charge in [-0.25, -0.2) is 0 Å². The molecule has 0 amide bonds. The second-order valence-electron chi connectivity index (χ2n) is 4.67. The van der Waals surface area contributed by atoms with Crippen LogP contribution in [0.3, 0.4) is 0 Å². The fourth-order valence-corrected chi connectivity index (χ4v) is 2.32. The summed E-state index contributed by atoms with van der Waals surface area (Å²) >= 11 is 0. The van der Waals surface area contributed by atoms with Gasteiger partial charge in [-0.2, -0.15) is 0 Å². The second kappa shape index (κ2) is 3.29. The van der Waals surface area contributed by atoms with Crippen LogP contribution in [0.5, 0.6) is 0 Å². The molecule has 0 saturated carbocycles. The van der Waals surface area contributed by atoms with Gasteiger partial charge in [0.15, 0.2) is 12.4 Å². The first kappa shape index (κ1) is 9.31. The summed E-state index contributed by atoms with van der Waals surface area (Å²) < 4.78 is 5.01. The highest BCUT2D eigenvalue weighted by Gasteiger charge is 2.40. The predicted molar refractivity (Wildman–Crippen MR) is 55.3 cm³/mol. The Labute approximate surface area is 89.1 Å². The summed E-state index contributed by atoms with van der Waals surface area (Å²) in [7, 11) is 0. The molecule has 0 aromatic carbocycles. The lowest BCUT2D eigenvalue weighted by atomic mass is 9.86. The molecule has 1 aliphatic carbocycles. The molecule has 0 bridgehead atoms. The van der Waals surface area contributed by atoms with Gasteiger partial charge in [-0.05, 0) is 42.4 Å². The van der Waals surface area contributed by atoms with Crippen LogP contribution in [0, 0.1) is 5.92 Å². The minimum atomic E-state index is -0.627. The van der Waals surface area contributed by atoms with Crippen molar-refractivity contribution in [3.63, 3.8) is 0 Å². The number of nitrogens with zero attached hydrogens (tertiary/aromatic N) is 1. The van der Waals surface area contributed by atoms with Gasteiger partial charge in [0.05, 0.1) is 5.69 Å². The van der Waals surface area contributed by atoms with Crippen LogP contribution < -0.4 is 0 Å². The highest BCUT2D eigenvalue weighted by Crippen LogP contribution is 2.37. The highest BCUT2D eigenvalue weighted by molar-refractivity contribution is 5.31. The van der Waals surface area contributed by atoms with Gasteiger partial charge in [0.1, 0.15) is 0 Å². The van der Waals surface area contributed by atoms with Crippen LogP contribution >= 0.6 is 0 Å². The van der Waals surface area contributed by atoms with Crippen LogP contribution in [-0.4, -0.2) is 16.4 Å². The normalized spacial score (nSPS) is 33.6. The third-order valence-corrected chi connectivity index (χ3v) is 3.34. The van der Waals surface area contributed by atoms with Crippen LogP contribution in [0.1, 0.15) is 36.3 Å². The van der Waals surface area contributed by atoms with Gasteiger partial charge in [-0.1, -0.05) is 6.92 Å². The number of hydrogen-bond donors (Lipinski definition) is 1. The number of aliphatic hydroxyl groups is 1. The Bertz CT molecular complexity index is 391. The van der Waals surface area contributed by atoms with Gasteiger partial charge < -0.3 is 9.84 Å². The van der Waals surface area contributed by atoms with Gasteiger partial charge in [-0.3, -0.25) is 4.98 Å². The third-order valence-electron chi connectivity index (χ3n) is 3.34. The van der Waals surface area contributed by atoms with E-state index in [1.54, 1.807) is 0 Å². The van der Waals surface area contributed by atoms with E-state index in [4.69, 9.17) is 9.84 Å². The second-order valence-corrected chi connectivity index (χ2v) is 4.67. The molecule has 80 valence electrons. The summed E-state index contributed by atoms with van der Waals surface area (Å²) in [6, 6.07) is 2.10. The molecule has 1 N–H and O–H groups in total. The summed E-state index contributed by atoms with van der Waals surface area (Å²) in [5.41, 5.74) is 3.64. The number of hydrogen-bond acceptors (Lipinski definition) is 3. The van der Waals surface area contributed by atoms with E-state index in [1.807, 2.05) is 6.20 Å². The average molecular weight is 205 g/mol. The van der Waals surface area contributed by atoms with Gasteiger partial charge >= 0.3 is 0 Å². The first-order valence-corrected chi connectivity index (χ1v) is 5.55. The van der Waals surface area contributed by atoms with Crippen LogP contribution in [-0.2, 0) is 17.6 Å². The molecule has 3 heteroatoms. The van der Waals surface area contributed by atoms with Gasteiger partial charge in [0, 0.05) is 6.20 Å². The lowest BCUT2D eigenvalue weighted by molar-refractivity contribution is 0.156. The van der Waals surface area contributed by atoms with Crippen molar-refractivity contribution in [3.8, 4) is 0 Å². The Hall–Kier alpha value is -0.930. The minimum Gasteiger partial charge on any atom is -0.365 e. The largest absolute Gasteiger partial charge is 0.365 e. The molecule has 1 fully saturated rings. The fraction of sp³-hybridized carbons (Fsp3) is 0.583. The van der Waals surface area contributed by atoms with E-state index in [9.17, 15) is 0 Å². The predicted octanol–water partition coefficient (Wildman–Crippen LogP) is 1.60. The summed E-state index contributed by atoms with van der Waals surface area (Å²) in [5.74, 6) is 0.771. The Kier molecular flexibility index (Phi) is 2.04. The first-order chi connectivity index (χ1) is 7.24. The number of aromatic nitrogens is 1. The average Bonchev–Trinajstić information content (AvgIpc) is 2.95. The number of fused-ring (bicyclic) bond motifs is 1. The molecular weight excluding hydrogens is 190 g/mol. The van der Waals surface area contributed by atoms with E-state index in [0.717, 1.165) is 24.5 Å². The third kappa shape index (κ3) is 1.66. The first-order valence-electron chi connectivity index (χ1n) is 5.55. The molecule has 0 spiro atoms. The molecule has 3 unspecified atom stereocenters. The lowest BCUT2D eigenvalue weighted by Crippen LogP contribution is -2.12. The quantitative estimate of drug-likeness (QED) is 0.708. The van der Waals surface area contributed by atoms with E-state index in [0.29, 0.717) is 0 Å². The molecule has 2 heterocycles. The number of aliphatic hydroxyl groups excluding tert-OH is 1. The van der Waals surface area contributed by atoms with Crippen molar-refractivity contribution >= 4 is 0 Å². The Morgan fingerprint density at radius 1 is 1.47 bits per heavy atom. The van der Waals surface area contributed by atoms with Crippen LogP contribution in [0.4, 0.5) is 0 Å². The monoisotopic (exact) mass is 205 g/mol. The molecule has 3 atom stereocenters. The van der Waals surface area contributed by atoms with Gasteiger partial charge in [-0.15, -0.1) is 0 Å². The molecule has 2 aliphatic rings. The zero-order valence-corrected chi connectivity index (χ0v) is 8.81. The number of ether oxygens (including phenoxy) is 1. The maximum Gasteiger partial charge on any atom is 0.188 e. The topological polar surface area (TPSA) is 45.6 Å². The van der Waals surface area contributed by atoms with E-state index in [-0.39, 0.29) is 6.10 Å². The molecule has 15 heavy (non-hydrogen) atoms. The Morgan fingerprint density at radius 2 is 2.27 bits per heavy atom. The van der Waals surface area contributed by atoms with E-state index in [2.05, 4.69) is 18.0 Å². The van der Waals surface area contributed by atoms with Crippen LogP contribution in [0.2, 0.25) is 0 Å². The van der Waals surface area contributed by atoms with Crippen molar-refractivity contribution < 1.29 is 9.84 Å². The molecule has 0 radical (unpaired) electrons. The summed E-state index contributed by atoms with van der Waals surface area (Å²) in [6.07, 6.45) is 4.68. The molecule has 1 aliphatic heterocycles. The number of pyridine rings is 1. The van der Waals surface area contributed by atoms with Crippen molar-refractivity contribution in [2.45, 2.75) is 38.6 Å². The van der Waals surface area contributed by atoms with Gasteiger partial charge in [0.2, 0.25) is 0 Å². The lowest BCUT2D eigenvalue weighted by Gasteiger charge is -2.21. The zero-order valence-electron chi connectivity index (χ0n) is 8.81. The number of epoxide rings is 1. The summed E-state index contributed by atoms with van der Waals surface area (Å²) in [4.78, 5) is 4.35. The summed E-state index contributed by atoms with van der Waals surface area (Å²) in [5, 5.41) is 9.16. The standard InChI is InChI=1S/C12H15NO2/c1-7-2-3-8-5-10(11-12(14)15-11)13-6-9(8)4-7/h5-7,11-12,14H,2-4H2,1H3. The molecular formula is C12H15NO2. The van der Waals surface area contributed by atoms with Crippen molar-refractivity contribution in [2.24, 2.45) is 5.92 Å². The SMILES string of the molecule is CC1CCc2cc(C3OC3O)ncc2C1. The van der Waals surface area contributed by atoms with E-state index >= 15 is 0 Å². The van der Waals surface area contributed by atoms with Crippen LogP contribution in [0.25, 0.3) is 0 Å². The maximum atomic E-state index is 9.16. The smallest absolute Gasteiger partial charge is 0.188 e. The zero-order chi connectivity index (χ0) is 10.4.